The van der Waals surface area contributed by atoms with Gasteiger partial charge in [0.25, 0.3) is 5.56 Å². The van der Waals surface area contributed by atoms with E-state index in [2.05, 4.69) is 24.5 Å². The van der Waals surface area contributed by atoms with Crippen LogP contribution >= 0.6 is 0 Å². The minimum Gasteiger partial charge on any atom is -0.494 e. The van der Waals surface area contributed by atoms with E-state index in [1.165, 1.54) is 11.8 Å². The van der Waals surface area contributed by atoms with Crippen LogP contribution < -0.4 is 10.3 Å². The second-order valence-corrected chi connectivity index (χ2v) is 10.8. The maximum atomic E-state index is 13.9. The lowest BCUT2D eigenvalue weighted by Crippen LogP contribution is -2.21. The Morgan fingerprint density at radius 1 is 1.02 bits per heavy atom. The zero-order chi connectivity index (χ0) is 30.8. The predicted molar refractivity (Wildman–Crippen MR) is 171 cm³/mol. The van der Waals surface area contributed by atoms with E-state index < -0.39 is 0 Å². The highest BCUT2D eigenvalue weighted by molar-refractivity contribution is 5.89. The summed E-state index contributed by atoms with van der Waals surface area (Å²) < 4.78 is 14.2. The lowest BCUT2D eigenvalue weighted by atomic mass is 9.96. The minimum absolute atomic E-state index is 0.206. The zero-order valence-electron chi connectivity index (χ0n) is 25.6. The van der Waals surface area contributed by atoms with Gasteiger partial charge in [-0.3, -0.25) is 4.79 Å². The highest BCUT2D eigenvalue weighted by Crippen LogP contribution is 2.34. The van der Waals surface area contributed by atoms with Crippen molar-refractivity contribution in [2.45, 2.75) is 47.5 Å². The number of carbonyl (C=O) groups excluding carboxylic acids is 1. The molecule has 5 aromatic rings. The summed E-state index contributed by atoms with van der Waals surface area (Å²) in [6.07, 6.45) is 1.70. The quantitative estimate of drug-likeness (QED) is 0.147. The minimum atomic E-state index is -0.381. The first-order valence-corrected chi connectivity index (χ1v) is 14.4. The number of para-hydroxylation sites is 1. The van der Waals surface area contributed by atoms with E-state index in [1.807, 2.05) is 70.2 Å². The van der Waals surface area contributed by atoms with E-state index in [-0.39, 0.29) is 17.4 Å². The van der Waals surface area contributed by atoms with E-state index in [4.69, 9.17) is 19.6 Å². The Labute approximate surface area is 251 Å². The summed E-state index contributed by atoms with van der Waals surface area (Å²) in [6, 6.07) is 20.7. The monoisotopic (exact) mass is 576 g/mol. The number of methoxy groups -OCH3 is 1. The molecule has 2 heterocycles. The Bertz CT molecular complexity index is 1910. The largest absolute Gasteiger partial charge is 0.494 e. The van der Waals surface area contributed by atoms with Gasteiger partial charge < -0.3 is 14.0 Å². The highest BCUT2D eigenvalue weighted by Gasteiger charge is 2.19. The number of benzene rings is 3. The van der Waals surface area contributed by atoms with Crippen LogP contribution in [0.15, 0.2) is 76.6 Å². The van der Waals surface area contributed by atoms with Crippen LogP contribution in [0.4, 0.5) is 0 Å². The third kappa shape index (κ3) is 5.60. The molecule has 220 valence electrons. The lowest BCUT2D eigenvalue weighted by Gasteiger charge is -2.18. The maximum absolute atomic E-state index is 13.9. The van der Waals surface area contributed by atoms with Crippen molar-refractivity contribution < 1.29 is 14.3 Å². The Balaban J connectivity index is 1.65. The molecular formula is C35H36N4O4. The van der Waals surface area contributed by atoms with Crippen molar-refractivity contribution in [2.75, 3.05) is 13.7 Å². The molecule has 5 rings (SSSR count). The van der Waals surface area contributed by atoms with Crippen LogP contribution in [0.3, 0.4) is 0 Å². The fourth-order valence-electron chi connectivity index (χ4n) is 5.38. The van der Waals surface area contributed by atoms with Gasteiger partial charge in [0, 0.05) is 28.2 Å². The van der Waals surface area contributed by atoms with Crippen LogP contribution in [-0.4, -0.2) is 40.1 Å². The molecule has 0 fully saturated rings. The summed E-state index contributed by atoms with van der Waals surface area (Å²) in [6.45, 7) is 12.8. The summed E-state index contributed by atoms with van der Waals surface area (Å²) in [5, 5.41) is 5.24. The van der Waals surface area contributed by atoms with Crippen molar-refractivity contribution in [2.24, 2.45) is 5.10 Å². The van der Waals surface area contributed by atoms with Crippen molar-refractivity contribution in [1.29, 1.82) is 0 Å². The van der Waals surface area contributed by atoms with E-state index in [0.717, 1.165) is 45.1 Å². The van der Waals surface area contributed by atoms with Gasteiger partial charge in [-0.15, -0.1) is 0 Å². The highest BCUT2D eigenvalue weighted by atomic mass is 16.5. The average Bonchev–Trinajstić information content (AvgIpc) is 3.28. The fourth-order valence-corrected chi connectivity index (χ4v) is 5.38. The number of ether oxygens (including phenoxy) is 2. The zero-order valence-corrected chi connectivity index (χ0v) is 25.6. The number of hydrogen-bond donors (Lipinski definition) is 0. The number of fused-ring (bicyclic) bond motifs is 1. The van der Waals surface area contributed by atoms with Crippen molar-refractivity contribution in [1.82, 2.24) is 14.2 Å². The second kappa shape index (κ2) is 12.1. The Morgan fingerprint density at radius 3 is 2.42 bits per heavy atom. The molecular weight excluding hydrogens is 540 g/mol. The van der Waals surface area contributed by atoms with Gasteiger partial charge in [-0.25, -0.2) is 9.78 Å². The molecule has 0 aliphatic rings. The van der Waals surface area contributed by atoms with Crippen molar-refractivity contribution in [3.8, 4) is 22.8 Å². The number of rotatable bonds is 8. The number of aryl methyl sites for hydroxylation is 2. The maximum Gasteiger partial charge on any atom is 0.337 e. The van der Waals surface area contributed by atoms with Gasteiger partial charge in [-0.1, -0.05) is 26.0 Å². The van der Waals surface area contributed by atoms with Gasteiger partial charge in [0.15, 0.2) is 5.82 Å². The van der Waals surface area contributed by atoms with Crippen molar-refractivity contribution in [3.63, 3.8) is 0 Å². The molecule has 0 spiro atoms. The summed E-state index contributed by atoms with van der Waals surface area (Å²) in [5.74, 6) is 1.13. The Kier molecular flexibility index (Phi) is 8.30. The van der Waals surface area contributed by atoms with Crippen LogP contribution in [0.5, 0.6) is 5.75 Å². The third-order valence-corrected chi connectivity index (χ3v) is 7.60. The summed E-state index contributed by atoms with van der Waals surface area (Å²) in [4.78, 5) is 30.7. The smallest absolute Gasteiger partial charge is 0.337 e. The number of aromatic nitrogens is 3. The molecule has 3 aromatic carbocycles. The first-order valence-electron chi connectivity index (χ1n) is 14.4. The number of hydrogen-bond acceptors (Lipinski definition) is 6. The lowest BCUT2D eigenvalue weighted by molar-refractivity contribution is 0.0600. The molecule has 2 aromatic heterocycles. The van der Waals surface area contributed by atoms with Crippen LogP contribution in [0.2, 0.25) is 0 Å². The SMILES string of the molecule is CCOc1cc(C)c(-c2nc3ccccc3c(=O)n2N=Cc2cc(C)n(-c3ccc(C(=O)OC)cc3)c2C)cc1C(C)C. The molecule has 0 unspecified atom stereocenters. The summed E-state index contributed by atoms with van der Waals surface area (Å²) >= 11 is 0. The first kappa shape index (κ1) is 29.5. The summed E-state index contributed by atoms with van der Waals surface area (Å²) in [5.41, 5.74) is 7.33. The standard InChI is InChI=1S/C35H36N4O4/c1-8-43-32-17-22(4)30(19-29(32)21(2)3)33-37-31-12-10-9-11-28(31)34(40)39(33)36-20-26-18-23(5)38(24(26)6)27-15-13-25(14-16-27)35(41)42-7/h9-21H,8H2,1-7H3. The molecule has 8 heteroatoms. The average molecular weight is 577 g/mol. The van der Waals surface area contributed by atoms with E-state index in [1.54, 1.807) is 24.4 Å². The van der Waals surface area contributed by atoms with Crippen molar-refractivity contribution in [3.05, 3.63) is 111 Å². The molecule has 0 aliphatic heterocycles. The van der Waals surface area contributed by atoms with Crippen LogP contribution in [0, 0.1) is 20.8 Å². The molecule has 0 atom stereocenters. The normalized spacial score (nSPS) is 11.5. The molecule has 0 bridgehead atoms. The van der Waals surface area contributed by atoms with Crippen molar-refractivity contribution >= 4 is 23.1 Å². The first-order chi connectivity index (χ1) is 20.6. The molecule has 43 heavy (non-hydrogen) atoms. The molecule has 0 saturated carbocycles. The molecule has 8 nitrogen and oxygen atoms in total. The molecule has 0 aliphatic carbocycles. The van der Waals surface area contributed by atoms with E-state index in [0.29, 0.717) is 28.9 Å². The molecule has 0 saturated heterocycles. The summed E-state index contributed by atoms with van der Waals surface area (Å²) in [7, 11) is 1.37. The van der Waals surface area contributed by atoms with Gasteiger partial charge in [0.05, 0.1) is 36.4 Å². The predicted octanol–water partition coefficient (Wildman–Crippen LogP) is 6.97. The topological polar surface area (TPSA) is 87.7 Å². The van der Waals surface area contributed by atoms with Gasteiger partial charge in [-0.05, 0) is 99.3 Å². The van der Waals surface area contributed by atoms with E-state index >= 15 is 0 Å². The van der Waals surface area contributed by atoms with Gasteiger partial charge in [0.2, 0.25) is 0 Å². The Hall–Kier alpha value is -4.98. The number of esters is 1. The Morgan fingerprint density at radius 2 is 1.74 bits per heavy atom. The van der Waals surface area contributed by atoms with Gasteiger partial charge in [0.1, 0.15) is 5.75 Å². The molecule has 0 N–H and O–H groups in total. The second-order valence-electron chi connectivity index (χ2n) is 10.8. The molecule has 0 amide bonds. The third-order valence-electron chi connectivity index (χ3n) is 7.60. The van der Waals surface area contributed by atoms with E-state index in [9.17, 15) is 9.59 Å². The fraction of sp³-hybridized carbons (Fsp3) is 0.257. The van der Waals surface area contributed by atoms with Crippen LogP contribution in [0.25, 0.3) is 28.0 Å². The van der Waals surface area contributed by atoms with Crippen LogP contribution in [0.1, 0.15) is 65.1 Å². The van der Waals surface area contributed by atoms with Gasteiger partial charge in [-0.2, -0.15) is 9.78 Å². The van der Waals surface area contributed by atoms with Crippen LogP contribution in [-0.2, 0) is 4.74 Å². The van der Waals surface area contributed by atoms with Gasteiger partial charge >= 0.3 is 5.97 Å². The number of carbonyl (C=O) groups is 1. The number of nitrogens with zero attached hydrogens (tertiary/aromatic N) is 4. The molecule has 0 radical (unpaired) electrons.